The van der Waals surface area contributed by atoms with E-state index in [1.54, 1.807) is 36.2 Å². The summed E-state index contributed by atoms with van der Waals surface area (Å²) in [6.45, 7) is 0. The summed E-state index contributed by atoms with van der Waals surface area (Å²) in [5.41, 5.74) is 7.35. The second-order valence-corrected chi connectivity index (χ2v) is 8.44. The number of likely N-dealkylation sites (N-methyl/N-ethyl adjacent to an activating group) is 1. The van der Waals surface area contributed by atoms with E-state index in [0.29, 0.717) is 35.5 Å². The number of anilines is 2. The monoisotopic (exact) mass is 448 g/mol. The summed E-state index contributed by atoms with van der Waals surface area (Å²) in [7, 11) is 1.63. The number of halogens is 2. The van der Waals surface area contributed by atoms with Crippen molar-refractivity contribution < 1.29 is 14.0 Å². The van der Waals surface area contributed by atoms with Crippen LogP contribution < -0.4 is 15.5 Å². The zero-order valence-corrected chi connectivity index (χ0v) is 17.9. The first-order valence-electron chi connectivity index (χ1n) is 10.1. The zero-order valence-electron chi connectivity index (χ0n) is 17.2. The van der Waals surface area contributed by atoms with E-state index < -0.39 is 17.1 Å². The number of allylic oxidation sites excluding steroid dienone is 1. The van der Waals surface area contributed by atoms with Crippen LogP contribution in [0.3, 0.4) is 0 Å². The number of carbonyl (C=O) groups excluding carboxylic acids is 2. The van der Waals surface area contributed by atoms with Crippen LogP contribution in [0.4, 0.5) is 15.8 Å². The van der Waals surface area contributed by atoms with Crippen molar-refractivity contribution in [2.24, 2.45) is 5.73 Å². The molecule has 3 aliphatic rings. The fourth-order valence-corrected chi connectivity index (χ4v) is 5.33. The smallest absolute Gasteiger partial charge is 0.247 e. The highest BCUT2D eigenvalue weighted by atomic mass is 35.5. The van der Waals surface area contributed by atoms with Crippen LogP contribution in [0.25, 0.3) is 0 Å². The van der Waals surface area contributed by atoms with Gasteiger partial charge in [-0.1, -0.05) is 29.8 Å². The number of fused-ring (bicyclic) bond motifs is 3. The van der Waals surface area contributed by atoms with Crippen LogP contribution in [-0.2, 0) is 15.0 Å². The summed E-state index contributed by atoms with van der Waals surface area (Å²) < 4.78 is 13.8. The number of para-hydroxylation sites is 1. The third-order valence-electron chi connectivity index (χ3n) is 6.47. The van der Waals surface area contributed by atoms with E-state index in [-0.39, 0.29) is 34.2 Å². The minimum atomic E-state index is -1.60. The van der Waals surface area contributed by atoms with Crippen molar-refractivity contribution in [1.29, 1.82) is 5.26 Å². The number of carbonyl (C=O) groups is 2. The number of rotatable bonds is 1. The van der Waals surface area contributed by atoms with Crippen LogP contribution in [-0.4, -0.2) is 18.7 Å². The van der Waals surface area contributed by atoms with Crippen molar-refractivity contribution >= 4 is 34.7 Å². The van der Waals surface area contributed by atoms with E-state index in [4.69, 9.17) is 17.3 Å². The Morgan fingerprint density at radius 2 is 1.94 bits per heavy atom. The molecule has 2 aromatic rings. The van der Waals surface area contributed by atoms with Crippen molar-refractivity contribution in [3.8, 4) is 6.07 Å². The summed E-state index contributed by atoms with van der Waals surface area (Å²) in [6.07, 6.45) is 1.30. The molecular formula is C24H18ClFN4O2. The highest BCUT2D eigenvalue weighted by molar-refractivity contribution is 6.31. The van der Waals surface area contributed by atoms with Crippen LogP contribution in [0.1, 0.15) is 24.8 Å². The molecule has 6 nitrogen and oxygen atoms in total. The Kier molecular flexibility index (Phi) is 4.40. The van der Waals surface area contributed by atoms with E-state index in [2.05, 4.69) is 6.07 Å². The van der Waals surface area contributed by atoms with E-state index in [1.165, 1.54) is 23.1 Å². The normalized spacial score (nSPS) is 22.4. The lowest BCUT2D eigenvalue weighted by Crippen LogP contribution is -2.52. The standard InChI is InChI=1S/C24H18ClFN4O2/c1-29-18-6-3-2-5-14(18)24(23(29)32)15(12-27)22(28)30(13-9-10-17(26)16(25)11-13)19-7-4-8-20(31)21(19)24/h2-3,5-6,9-11H,4,7-8,28H2,1H3/t24-/m0/s1. The van der Waals surface area contributed by atoms with Crippen LogP contribution in [0.15, 0.2) is 65.1 Å². The van der Waals surface area contributed by atoms with Crippen LogP contribution in [0.2, 0.25) is 5.02 Å². The molecule has 0 unspecified atom stereocenters. The summed E-state index contributed by atoms with van der Waals surface area (Å²) in [4.78, 5) is 30.2. The van der Waals surface area contributed by atoms with Crippen molar-refractivity contribution in [3.63, 3.8) is 0 Å². The Morgan fingerprint density at radius 3 is 2.66 bits per heavy atom. The van der Waals surface area contributed by atoms with Gasteiger partial charge in [-0.15, -0.1) is 0 Å². The Bertz CT molecular complexity index is 1330. The maximum atomic E-state index is 13.8. The molecule has 1 aliphatic carbocycles. The molecule has 0 radical (unpaired) electrons. The van der Waals surface area contributed by atoms with E-state index in [9.17, 15) is 19.2 Å². The second kappa shape index (κ2) is 6.94. The van der Waals surface area contributed by atoms with Crippen molar-refractivity contribution in [3.05, 3.63) is 81.5 Å². The van der Waals surface area contributed by atoms with Crippen LogP contribution in [0, 0.1) is 17.1 Å². The van der Waals surface area contributed by atoms with Crippen molar-refractivity contribution in [1.82, 2.24) is 0 Å². The molecular weight excluding hydrogens is 431 g/mol. The zero-order chi connectivity index (χ0) is 22.8. The molecule has 2 aromatic carbocycles. The largest absolute Gasteiger partial charge is 0.384 e. The number of nitriles is 1. The van der Waals surface area contributed by atoms with Crippen molar-refractivity contribution in [2.45, 2.75) is 24.7 Å². The molecule has 0 saturated carbocycles. The van der Waals surface area contributed by atoms with Gasteiger partial charge in [0.05, 0.1) is 10.6 Å². The molecule has 0 saturated heterocycles. The fraction of sp³-hybridized carbons (Fsp3) is 0.208. The molecule has 2 heterocycles. The highest BCUT2D eigenvalue weighted by Crippen LogP contribution is 2.56. The van der Waals surface area contributed by atoms with Gasteiger partial charge in [0.1, 0.15) is 23.1 Å². The van der Waals surface area contributed by atoms with Gasteiger partial charge in [-0.25, -0.2) is 4.39 Å². The van der Waals surface area contributed by atoms with Gasteiger partial charge in [0, 0.05) is 41.7 Å². The molecule has 2 N–H and O–H groups in total. The van der Waals surface area contributed by atoms with Gasteiger partial charge < -0.3 is 10.6 Å². The Morgan fingerprint density at radius 1 is 1.19 bits per heavy atom. The molecule has 2 aliphatic heterocycles. The minimum Gasteiger partial charge on any atom is -0.384 e. The lowest BCUT2D eigenvalue weighted by Gasteiger charge is -2.43. The minimum absolute atomic E-state index is 0.0197. The Balaban J connectivity index is 1.89. The fourth-order valence-electron chi connectivity index (χ4n) is 5.15. The molecule has 1 atom stereocenters. The van der Waals surface area contributed by atoms with Gasteiger partial charge in [0.2, 0.25) is 5.91 Å². The van der Waals surface area contributed by atoms with Gasteiger partial charge in [0.15, 0.2) is 5.78 Å². The first-order chi connectivity index (χ1) is 15.3. The molecule has 0 aromatic heterocycles. The topological polar surface area (TPSA) is 90.4 Å². The number of nitrogens with zero attached hydrogens (tertiary/aromatic N) is 3. The third-order valence-corrected chi connectivity index (χ3v) is 6.76. The molecule has 0 fully saturated rings. The van der Waals surface area contributed by atoms with Gasteiger partial charge in [-0.2, -0.15) is 5.26 Å². The van der Waals surface area contributed by atoms with E-state index >= 15 is 0 Å². The van der Waals surface area contributed by atoms with E-state index in [1.807, 2.05) is 0 Å². The summed E-state index contributed by atoms with van der Waals surface area (Å²) >= 11 is 6.02. The quantitative estimate of drug-likeness (QED) is 0.714. The number of amides is 1. The molecule has 8 heteroatoms. The molecule has 32 heavy (non-hydrogen) atoms. The number of hydrogen-bond donors (Lipinski definition) is 1. The average Bonchev–Trinajstić information content (AvgIpc) is 2.99. The van der Waals surface area contributed by atoms with Crippen LogP contribution in [0.5, 0.6) is 0 Å². The predicted octanol–water partition coefficient (Wildman–Crippen LogP) is 3.91. The summed E-state index contributed by atoms with van der Waals surface area (Å²) in [6, 6.07) is 13.3. The number of benzene rings is 2. The summed E-state index contributed by atoms with van der Waals surface area (Å²) in [5.74, 6) is -1.16. The second-order valence-electron chi connectivity index (χ2n) is 8.04. The van der Waals surface area contributed by atoms with Gasteiger partial charge in [0.25, 0.3) is 0 Å². The van der Waals surface area contributed by atoms with Gasteiger partial charge in [-0.3, -0.25) is 14.5 Å². The Labute approximate surface area is 189 Å². The number of nitrogens with two attached hydrogens (primary N) is 1. The lowest BCUT2D eigenvalue weighted by atomic mass is 9.64. The third kappa shape index (κ3) is 2.38. The van der Waals surface area contributed by atoms with Crippen LogP contribution >= 0.6 is 11.6 Å². The number of Topliss-reactive ketones (excluding diaryl/α,β-unsaturated/α-hetero) is 1. The highest BCUT2D eigenvalue weighted by Gasteiger charge is 2.61. The maximum absolute atomic E-state index is 13.8. The average molecular weight is 449 g/mol. The number of hydrogen-bond acceptors (Lipinski definition) is 5. The van der Waals surface area contributed by atoms with Gasteiger partial charge >= 0.3 is 0 Å². The molecule has 1 spiro atoms. The Hall–Kier alpha value is -3.63. The molecule has 0 bridgehead atoms. The number of ketones is 1. The first kappa shape index (κ1) is 20.3. The van der Waals surface area contributed by atoms with E-state index in [0.717, 1.165) is 0 Å². The molecule has 1 amide bonds. The predicted molar refractivity (Wildman–Crippen MR) is 118 cm³/mol. The van der Waals surface area contributed by atoms with Crippen molar-refractivity contribution in [2.75, 3.05) is 16.8 Å². The SMILES string of the molecule is CN1C(=O)[C@]2(C(C#N)=C(N)N(c3ccc(F)c(Cl)c3)C3=C2C(=O)CCC3)c2ccccc21. The molecule has 5 rings (SSSR count). The lowest BCUT2D eigenvalue weighted by molar-refractivity contribution is -0.124. The first-order valence-corrected chi connectivity index (χ1v) is 10.5. The molecule has 160 valence electrons. The summed E-state index contributed by atoms with van der Waals surface area (Å²) in [5, 5.41) is 10.1. The maximum Gasteiger partial charge on any atom is 0.247 e. The van der Waals surface area contributed by atoms with Gasteiger partial charge in [-0.05, 0) is 37.1 Å².